The fourth-order valence-electron chi connectivity index (χ4n) is 1.40. The lowest BCUT2D eigenvalue weighted by molar-refractivity contribution is 0.270. The van der Waals surface area contributed by atoms with Gasteiger partial charge in [-0.2, -0.15) is 0 Å². The molecular formula is C12H18F2N2. The fraction of sp³-hybridized carbons (Fsp3) is 0.500. The lowest BCUT2D eigenvalue weighted by atomic mass is 10.2. The van der Waals surface area contributed by atoms with Crippen molar-refractivity contribution in [2.45, 2.75) is 6.54 Å². The van der Waals surface area contributed by atoms with Crippen LogP contribution in [-0.4, -0.2) is 44.0 Å². The van der Waals surface area contributed by atoms with Crippen LogP contribution < -0.4 is 0 Å². The molecule has 1 aromatic carbocycles. The highest BCUT2D eigenvalue weighted by Crippen LogP contribution is 2.13. The third kappa shape index (κ3) is 3.87. The van der Waals surface area contributed by atoms with Gasteiger partial charge in [0.1, 0.15) is 11.6 Å². The number of benzene rings is 1. The normalized spacial score (nSPS) is 11.4. The third-order valence-corrected chi connectivity index (χ3v) is 2.42. The molecule has 0 fully saturated rings. The molecule has 0 spiro atoms. The lowest BCUT2D eigenvalue weighted by Gasteiger charge is -2.19. The van der Waals surface area contributed by atoms with E-state index in [-0.39, 0.29) is 5.56 Å². The topological polar surface area (TPSA) is 6.48 Å². The van der Waals surface area contributed by atoms with Crippen LogP contribution in [0.25, 0.3) is 0 Å². The molecule has 2 nitrogen and oxygen atoms in total. The van der Waals surface area contributed by atoms with E-state index in [1.807, 2.05) is 30.9 Å². The van der Waals surface area contributed by atoms with Crippen molar-refractivity contribution in [1.82, 2.24) is 9.80 Å². The third-order valence-electron chi connectivity index (χ3n) is 2.42. The van der Waals surface area contributed by atoms with Gasteiger partial charge in [-0.25, -0.2) is 8.78 Å². The Bertz CT molecular complexity index is 320. The first-order valence-electron chi connectivity index (χ1n) is 5.27. The second kappa shape index (κ2) is 5.92. The van der Waals surface area contributed by atoms with Gasteiger partial charge >= 0.3 is 0 Å². The van der Waals surface area contributed by atoms with Crippen LogP contribution >= 0.6 is 0 Å². The predicted octanol–water partition coefficient (Wildman–Crippen LogP) is 1.96. The molecule has 0 atom stereocenters. The molecule has 4 heteroatoms. The molecule has 0 unspecified atom stereocenters. The maximum Gasteiger partial charge on any atom is 0.130 e. The van der Waals surface area contributed by atoms with Crippen LogP contribution in [0.4, 0.5) is 8.78 Å². The maximum atomic E-state index is 13.3. The Morgan fingerprint density at radius 3 is 2.06 bits per heavy atom. The summed E-state index contributed by atoms with van der Waals surface area (Å²) in [4.78, 5) is 3.94. The minimum Gasteiger partial charge on any atom is -0.308 e. The summed E-state index contributed by atoms with van der Waals surface area (Å²) in [6, 6.07) is 3.96. The van der Waals surface area contributed by atoms with Crippen molar-refractivity contribution in [3.05, 3.63) is 35.4 Å². The summed E-state index contributed by atoms with van der Waals surface area (Å²) < 4.78 is 26.7. The molecule has 90 valence electrons. The van der Waals surface area contributed by atoms with Gasteiger partial charge in [0.05, 0.1) is 0 Å². The molecule has 1 rings (SSSR count). The number of hydrogen-bond donors (Lipinski definition) is 0. The summed E-state index contributed by atoms with van der Waals surface area (Å²) in [5.41, 5.74) is 0.142. The Labute approximate surface area is 95.5 Å². The average Bonchev–Trinajstić information content (AvgIpc) is 2.21. The van der Waals surface area contributed by atoms with Crippen molar-refractivity contribution in [1.29, 1.82) is 0 Å². The van der Waals surface area contributed by atoms with Gasteiger partial charge < -0.3 is 9.80 Å². The average molecular weight is 228 g/mol. The van der Waals surface area contributed by atoms with E-state index in [0.717, 1.165) is 13.1 Å². The van der Waals surface area contributed by atoms with Crippen molar-refractivity contribution in [3.63, 3.8) is 0 Å². The van der Waals surface area contributed by atoms with Gasteiger partial charge in [-0.1, -0.05) is 6.07 Å². The largest absolute Gasteiger partial charge is 0.308 e. The lowest BCUT2D eigenvalue weighted by Crippen LogP contribution is -2.28. The summed E-state index contributed by atoms with van der Waals surface area (Å²) >= 11 is 0. The molecule has 0 aliphatic rings. The van der Waals surface area contributed by atoms with E-state index in [4.69, 9.17) is 0 Å². The summed E-state index contributed by atoms with van der Waals surface area (Å²) in [5.74, 6) is -0.951. The Morgan fingerprint density at radius 1 is 1.00 bits per heavy atom. The van der Waals surface area contributed by atoms with Gasteiger partial charge in [0.2, 0.25) is 0 Å². The minimum absolute atomic E-state index is 0.142. The molecule has 16 heavy (non-hydrogen) atoms. The highest BCUT2D eigenvalue weighted by Gasteiger charge is 2.10. The molecule has 0 aromatic heterocycles. The van der Waals surface area contributed by atoms with Crippen molar-refractivity contribution in [2.24, 2.45) is 0 Å². The molecule has 1 aromatic rings. The standard InChI is InChI=1S/C12H18F2N2/c1-15(2)7-8-16(3)9-10-11(13)5-4-6-12(10)14/h4-6H,7-9H2,1-3H3. The Morgan fingerprint density at radius 2 is 1.56 bits per heavy atom. The van der Waals surface area contributed by atoms with Crippen LogP contribution in [0.15, 0.2) is 18.2 Å². The number of nitrogens with zero attached hydrogens (tertiary/aromatic N) is 2. The fourth-order valence-corrected chi connectivity index (χ4v) is 1.40. The van der Waals surface area contributed by atoms with Gasteiger partial charge in [-0.15, -0.1) is 0 Å². The number of halogens is 2. The smallest absolute Gasteiger partial charge is 0.130 e. The SMILES string of the molecule is CN(C)CCN(C)Cc1c(F)cccc1F. The molecule has 0 N–H and O–H groups in total. The molecule has 0 heterocycles. The van der Waals surface area contributed by atoms with Gasteiger partial charge in [-0.3, -0.25) is 0 Å². The first-order valence-corrected chi connectivity index (χ1v) is 5.27. The van der Waals surface area contributed by atoms with Gasteiger partial charge in [0, 0.05) is 25.2 Å². The van der Waals surface area contributed by atoms with E-state index in [2.05, 4.69) is 0 Å². The van der Waals surface area contributed by atoms with Crippen LogP contribution in [0.5, 0.6) is 0 Å². The number of hydrogen-bond acceptors (Lipinski definition) is 2. The molecule has 0 radical (unpaired) electrons. The highest BCUT2D eigenvalue weighted by molar-refractivity contribution is 5.19. The number of likely N-dealkylation sites (N-methyl/N-ethyl adjacent to an activating group) is 2. The molecule has 0 bridgehead atoms. The molecule has 0 amide bonds. The van der Waals surface area contributed by atoms with Crippen LogP contribution in [0.1, 0.15) is 5.56 Å². The zero-order valence-electron chi connectivity index (χ0n) is 10.0. The van der Waals surface area contributed by atoms with E-state index in [9.17, 15) is 8.78 Å². The number of rotatable bonds is 5. The first-order chi connectivity index (χ1) is 7.50. The maximum absolute atomic E-state index is 13.3. The van der Waals surface area contributed by atoms with Crippen LogP contribution in [0, 0.1) is 11.6 Å². The second-order valence-electron chi connectivity index (χ2n) is 4.24. The quantitative estimate of drug-likeness (QED) is 0.760. The highest BCUT2D eigenvalue weighted by atomic mass is 19.1. The van der Waals surface area contributed by atoms with E-state index in [1.54, 1.807) is 0 Å². The van der Waals surface area contributed by atoms with Gasteiger partial charge in [0.15, 0.2) is 0 Å². The van der Waals surface area contributed by atoms with E-state index < -0.39 is 11.6 Å². The van der Waals surface area contributed by atoms with Crippen molar-refractivity contribution < 1.29 is 8.78 Å². The summed E-state index contributed by atoms with van der Waals surface area (Å²) in [6.07, 6.45) is 0. The summed E-state index contributed by atoms with van der Waals surface area (Å²) in [5, 5.41) is 0. The Balaban J connectivity index is 2.59. The predicted molar refractivity (Wildman–Crippen MR) is 61.2 cm³/mol. The van der Waals surface area contributed by atoms with Crippen molar-refractivity contribution >= 4 is 0 Å². The minimum atomic E-state index is -0.475. The van der Waals surface area contributed by atoms with Crippen molar-refractivity contribution in [3.8, 4) is 0 Å². The van der Waals surface area contributed by atoms with Gasteiger partial charge in [-0.05, 0) is 33.3 Å². The zero-order chi connectivity index (χ0) is 12.1. The Hall–Kier alpha value is -1.00. The van der Waals surface area contributed by atoms with Crippen LogP contribution in [-0.2, 0) is 6.54 Å². The molecule has 0 saturated heterocycles. The summed E-state index contributed by atoms with van der Waals surface area (Å²) in [6.45, 7) is 1.94. The molecule has 0 saturated carbocycles. The molecular weight excluding hydrogens is 210 g/mol. The van der Waals surface area contributed by atoms with E-state index in [0.29, 0.717) is 6.54 Å². The second-order valence-corrected chi connectivity index (χ2v) is 4.24. The first kappa shape index (κ1) is 13.1. The van der Waals surface area contributed by atoms with Gasteiger partial charge in [0.25, 0.3) is 0 Å². The molecule has 0 aliphatic carbocycles. The summed E-state index contributed by atoms with van der Waals surface area (Å²) in [7, 11) is 5.80. The molecule has 0 aliphatic heterocycles. The van der Waals surface area contributed by atoms with Crippen molar-refractivity contribution in [2.75, 3.05) is 34.2 Å². The Kier molecular flexibility index (Phi) is 4.83. The van der Waals surface area contributed by atoms with Crippen LogP contribution in [0.2, 0.25) is 0 Å². The van der Waals surface area contributed by atoms with E-state index in [1.165, 1.54) is 18.2 Å². The van der Waals surface area contributed by atoms with E-state index >= 15 is 0 Å². The zero-order valence-corrected chi connectivity index (χ0v) is 10.0. The van der Waals surface area contributed by atoms with Crippen LogP contribution in [0.3, 0.4) is 0 Å². The monoisotopic (exact) mass is 228 g/mol.